The van der Waals surface area contributed by atoms with Crippen LogP contribution in [0.5, 0.6) is 11.5 Å². The predicted octanol–water partition coefficient (Wildman–Crippen LogP) is 1.63. The van der Waals surface area contributed by atoms with Crippen molar-refractivity contribution in [1.82, 2.24) is 4.90 Å². The predicted molar refractivity (Wildman–Crippen MR) is 76.7 cm³/mol. The number of nitrogens with zero attached hydrogens (tertiary/aromatic N) is 1. The van der Waals surface area contributed by atoms with Crippen LogP contribution in [0, 0.1) is 5.92 Å². The van der Waals surface area contributed by atoms with Crippen LogP contribution >= 0.6 is 0 Å². The van der Waals surface area contributed by atoms with Gasteiger partial charge in [-0.15, -0.1) is 0 Å². The van der Waals surface area contributed by atoms with E-state index in [1.165, 1.54) is 5.56 Å². The van der Waals surface area contributed by atoms with E-state index in [1.807, 2.05) is 6.07 Å². The van der Waals surface area contributed by atoms with Crippen LogP contribution in [-0.2, 0) is 16.6 Å². The van der Waals surface area contributed by atoms with Crippen LogP contribution in [0.2, 0.25) is 0 Å². The number of likely N-dealkylation sites (N-methyl/N-ethyl adjacent to an activating group) is 1. The van der Waals surface area contributed by atoms with E-state index in [0.717, 1.165) is 31.4 Å². The third-order valence-electron chi connectivity index (χ3n) is 6.39. The number of piperidine rings is 1. The molecule has 2 heterocycles. The first kappa shape index (κ1) is 12.0. The van der Waals surface area contributed by atoms with Crippen LogP contribution in [0.3, 0.4) is 0 Å². The molecule has 4 atom stereocenters. The zero-order valence-corrected chi connectivity index (χ0v) is 12.1. The molecule has 1 saturated heterocycles. The summed E-state index contributed by atoms with van der Waals surface area (Å²) in [7, 11) is 2.20. The summed E-state index contributed by atoms with van der Waals surface area (Å²) in [6.07, 6.45) is 3.18. The van der Waals surface area contributed by atoms with E-state index < -0.39 is 0 Å². The largest absolute Gasteiger partial charge is 0.504 e. The number of likely N-dealkylation sites (tertiary alicyclic amines) is 1. The van der Waals surface area contributed by atoms with Crippen LogP contribution in [-0.4, -0.2) is 41.5 Å². The number of carbonyl (C=O) groups excluding carboxylic acids is 1. The normalized spacial score (nSPS) is 39.9. The number of hydrogen-bond acceptors (Lipinski definition) is 4. The first-order chi connectivity index (χ1) is 10.1. The Morgan fingerprint density at radius 1 is 1.43 bits per heavy atom. The third kappa shape index (κ3) is 1.20. The van der Waals surface area contributed by atoms with Crippen molar-refractivity contribution in [3.05, 3.63) is 23.3 Å². The Morgan fingerprint density at radius 2 is 2.29 bits per heavy atom. The number of Topliss-reactive ketones (excluding diaryl/α,β-unsaturated/α-hetero) is 1. The van der Waals surface area contributed by atoms with Gasteiger partial charge in [-0.2, -0.15) is 0 Å². The van der Waals surface area contributed by atoms with E-state index in [2.05, 4.69) is 11.9 Å². The van der Waals surface area contributed by atoms with Crippen molar-refractivity contribution in [2.75, 3.05) is 13.6 Å². The highest BCUT2D eigenvalue weighted by molar-refractivity contribution is 5.89. The lowest BCUT2D eigenvalue weighted by molar-refractivity contribution is -0.138. The number of phenolic OH excluding ortho intramolecular Hbond substituents is 1. The zero-order valence-electron chi connectivity index (χ0n) is 12.1. The first-order valence-corrected chi connectivity index (χ1v) is 7.88. The summed E-state index contributed by atoms with van der Waals surface area (Å²) in [4.78, 5) is 14.9. The highest BCUT2D eigenvalue weighted by Gasteiger charge is 2.65. The van der Waals surface area contributed by atoms with Gasteiger partial charge in [-0.1, -0.05) is 6.07 Å². The molecule has 1 aromatic rings. The standard InChI is InChI=1S/C17H19NO3/c1-18-7-6-17-10-3-5-13(20)16(17)21-15-12(19)4-2-9(14(15)17)8-11(10)18/h2,4,10-11,16,19H,3,5-8H2,1H3/t10?,11-,16+,17?/m1/s1. The molecule has 2 bridgehead atoms. The Kier molecular flexibility index (Phi) is 2.07. The molecule has 0 amide bonds. The van der Waals surface area contributed by atoms with Gasteiger partial charge in [-0.3, -0.25) is 4.79 Å². The summed E-state index contributed by atoms with van der Waals surface area (Å²) in [6.45, 7) is 1.00. The monoisotopic (exact) mass is 285 g/mol. The van der Waals surface area contributed by atoms with Gasteiger partial charge in [0.2, 0.25) is 0 Å². The van der Waals surface area contributed by atoms with Crippen LogP contribution in [0.4, 0.5) is 0 Å². The molecule has 2 unspecified atom stereocenters. The third-order valence-corrected chi connectivity index (χ3v) is 6.39. The molecule has 2 fully saturated rings. The topological polar surface area (TPSA) is 49.8 Å². The summed E-state index contributed by atoms with van der Waals surface area (Å²) in [5.41, 5.74) is 2.26. The molecule has 4 heteroatoms. The maximum absolute atomic E-state index is 12.5. The van der Waals surface area contributed by atoms with Crippen LogP contribution in [0.15, 0.2) is 12.1 Å². The molecule has 0 aromatic heterocycles. The van der Waals surface area contributed by atoms with Gasteiger partial charge < -0.3 is 14.7 Å². The molecule has 2 aliphatic heterocycles. The number of benzene rings is 1. The second kappa shape index (κ2) is 3.61. The van der Waals surface area contributed by atoms with Crippen molar-refractivity contribution in [3.63, 3.8) is 0 Å². The number of rotatable bonds is 0. The molecule has 4 aliphatic rings. The Hall–Kier alpha value is -1.55. The Balaban J connectivity index is 1.83. The highest BCUT2D eigenvalue weighted by Crippen LogP contribution is 2.62. The average molecular weight is 285 g/mol. The molecule has 4 nitrogen and oxygen atoms in total. The minimum atomic E-state index is -0.366. The Bertz CT molecular complexity index is 670. The number of ether oxygens (including phenoxy) is 1. The van der Waals surface area contributed by atoms with Gasteiger partial charge in [0.25, 0.3) is 0 Å². The number of aromatic hydroxyl groups is 1. The second-order valence-corrected chi connectivity index (χ2v) is 7.10. The van der Waals surface area contributed by atoms with Crippen LogP contribution in [0.25, 0.3) is 0 Å². The molecule has 1 spiro atoms. The maximum Gasteiger partial charge on any atom is 0.174 e. The number of phenols is 1. The Morgan fingerprint density at radius 3 is 3.14 bits per heavy atom. The molecule has 5 rings (SSSR count). The summed E-state index contributed by atoms with van der Waals surface area (Å²) >= 11 is 0. The fourth-order valence-electron chi connectivity index (χ4n) is 5.52. The van der Waals surface area contributed by atoms with E-state index in [-0.39, 0.29) is 23.1 Å². The number of carbonyl (C=O) groups is 1. The fourth-order valence-corrected chi connectivity index (χ4v) is 5.52. The van der Waals surface area contributed by atoms with E-state index in [1.54, 1.807) is 6.07 Å². The number of hydrogen-bond donors (Lipinski definition) is 1. The van der Waals surface area contributed by atoms with Gasteiger partial charge >= 0.3 is 0 Å². The lowest BCUT2D eigenvalue weighted by Crippen LogP contribution is -2.65. The summed E-state index contributed by atoms with van der Waals surface area (Å²) in [5.74, 6) is 1.50. The van der Waals surface area contributed by atoms with Gasteiger partial charge in [0.15, 0.2) is 23.4 Å². The molecule has 21 heavy (non-hydrogen) atoms. The molecular weight excluding hydrogens is 266 g/mol. The van der Waals surface area contributed by atoms with Crippen molar-refractivity contribution < 1.29 is 14.6 Å². The summed E-state index contributed by atoms with van der Waals surface area (Å²) in [6, 6.07) is 4.26. The van der Waals surface area contributed by atoms with Crippen LogP contribution < -0.4 is 4.74 Å². The second-order valence-electron chi connectivity index (χ2n) is 7.10. The van der Waals surface area contributed by atoms with Crippen molar-refractivity contribution in [1.29, 1.82) is 0 Å². The molecular formula is C17H19NO3. The fraction of sp³-hybridized carbons (Fsp3) is 0.588. The lowest BCUT2D eigenvalue weighted by Gasteiger charge is -2.57. The maximum atomic E-state index is 12.5. The molecule has 0 radical (unpaired) electrons. The number of ketones is 1. The average Bonchev–Trinajstić information content (AvgIpc) is 2.83. The van der Waals surface area contributed by atoms with Gasteiger partial charge in [0.1, 0.15) is 0 Å². The lowest BCUT2D eigenvalue weighted by atomic mass is 9.52. The van der Waals surface area contributed by atoms with Crippen molar-refractivity contribution in [3.8, 4) is 11.5 Å². The van der Waals surface area contributed by atoms with E-state index >= 15 is 0 Å². The minimum absolute atomic E-state index is 0.172. The molecule has 1 aromatic carbocycles. The zero-order chi connectivity index (χ0) is 14.4. The smallest absolute Gasteiger partial charge is 0.174 e. The van der Waals surface area contributed by atoms with Crippen molar-refractivity contribution >= 4 is 5.78 Å². The van der Waals surface area contributed by atoms with E-state index in [9.17, 15) is 9.90 Å². The molecule has 1 N–H and O–H groups in total. The van der Waals surface area contributed by atoms with Crippen molar-refractivity contribution in [2.45, 2.75) is 43.2 Å². The van der Waals surface area contributed by atoms with Gasteiger partial charge in [0, 0.05) is 23.4 Å². The van der Waals surface area contributed by atoms with Crippen LogP contribution in [0.1, 0.15) is 30.4 Å². The first-order valence-electron chi connectivity index (χ1n) is 7.88. The highest BCUT2D eigenvalue weighted by atomic mass is 16.5. The molecule has 110 valence electrons. The van der Waals surface area contributed by atoms with E-state index in [4.69, 9.17) is 4.74 Å². The molecule has 1 saturated carbocycles. The quantitative estimate of drug-likeness (QED) is 0.787. The minimum Gasteiger partial charge on any atom is -0.504 e. The summed E-state index contributed by atoms with van der Waals surface area (Å²) in [5, 5.41) is 10.2. The van der Waals surface area contributed by atoms with Gasteiger partial charge in [0.05, 0.1) is 0 Å². The van der Waals surface area contributed by atoms with E-state index in [0.29, 0.717) is 24.1 Å². The SMILES string of the molecule is CN1CCC23c4c5ccc(O)c4O[C@H]2C(=O)CCC3[C@H]1C5. The Labute approximate surface area is 123 Å². The van der Waals surface area contributed by atoms with Gasteiger partial charge in [-0.05, 0) is 50.4 Å². The molecule has 2 aliphatic carbocycles. The van der Waals surface area contributed by atoms with Gasteiger partial charge in [-0.25, -0.2) is 0 Å². The van der Waals surface area contributed by atoms with Crippen molar-refractivity contribution in [2.24, 2.45) is 5.92 Å². The summed E-state index contributed by atoms with van der Waals surface area (Å²) < 4.78 is 6.04.